The largest absolute Gasteiger partial charge is 0.464 e. The van der Waals surface area contributed by atoms with E-state index in [2.05, 4.69) is 57.6 Å². The summed E-state index contributed by atoms with van der Waals surface area (Å²) in [5.74, 6) is 1.88. The van der Waals surface area contributed by atoms with E-state index in [1.165, 1.54) is 16.3 Å². The molecule has 3 aromatic rings. The summed E-state index contributed by atoms with van der Waals surface area (Å²) in [6, 6.07) is 16.9. The molecule has 0 amide bonds. The zero-order chi connectivity index (χ0) is 14.1. The van der Waals surface area contributed by atoms with Gasteiger partial charge in [0.05, 0.1) is 6.04 Å². The highest BCUT2D eigenvalue weighted by Crippen LogP contribution is 2.27. The van der Waals surface area contributed by atoms with E-state index in [4.69, 9.17) is 4.42 Å². The quantitative estimate of drug-likeness (QED) is 0.745. The van der Waals surface area contributed by atoms with Gasteiger partial charge in [0, 0.05) is 4.47 Å². The Kier molecular flexibility index (Phi) is 3.64. The van der Waals surface area contributed by atoms with E-state index in [-0.39, 0.29) is 6.04 Å². The van der Waals surface area contributed by atoms with Crippen molar-refractivity contribution in [2.45, 2.75) is 13.0 Å². The maximum absolute atomic E-state index is 5.75. The van der Waals surface area contributed by atoms with E-state index < -0.39 is 0 Å². The Balaban J connectivity index is 2.05. The predicted octanol–water partition coefficient (Wildman–Crippen LogP) is 4.81. The molecule has 1 unspecified atom stereocenters. The van der Waals surface area contributed by atoms with E-state index in [1.807, 2.05) is 26.1 Å². The van der Waals surface area contributed by atoms with E-state index >= 15 is 0 Å². The minimum Gasteiger partial charge on any atom is -0.464 e. The number of halogens is 1. The lowest BCUT2D eigenvalue weighted by Gasteiger charge is -2.15. The van der Waals surface area contributed by atoms with Crippen molar-refractivity contribution >= 4 is 26.7 Å². The molecule has 0 fully saturated rings. The van der Waals surface area contributed by atoms with Gasteiger partial charge < -0.3 is 9.73 Å². The number of fused-ring (bicyclic) bond motifs is 1. The molecule has 1 aromatic heterocycles. The minimum absolute atomic E-state index is 0.0803. The number of hydrogen-bond acceptors (Lipinski definition) is 2. The third kappa shape index (κ3) is 2.51. The van der Waals surface area contributed by atoms with Crippen LogP contribution >= 0.6 is 15.9 Å². The number of rotatable bonds is 3. The average Bonchev–Trinajstić information content (AvgIpc) is 2.86. The van der Waals surface area contributed by atoms with Crippen molar-refractivity contribution in [2.75, 3.05) is 7.05 Å². The number of furan rings is 1. The molecule has 3 heteroatoms. The molecule has 0 saturated heterocycles. The molecule has 0 aliphatic carbocycles. The van der Waals surface area contributed by atoms with Gasteiger partial charge in [-0.05, 0) is 60.6 Å². The molecular formula is C17H16BrNO. The van der Waals surface area contributed by atoms with Gasteiger partial charge in [-0.1, -0.05) is 34.1 Å². The Morgan fingerprint density at radius 1 is 1.00 bits per heavy atom. The molecular weight excluding hydrogens is 314 g/mol. The Morgan fingerprint density at radius 2 is 1.75 bits per heavy atom. The molecule has 0 saturated carbocycles. The summed E-state index contributed by atoms with van der Waals surface area (Å²) in [6.45, 7) is 1.97. The van der Waals surface area contributed by atoms with Crippen LogP contribution < -0.4 is 5.32 Å². The fourth-order valence-electron chi connectivity index (χ4n) is 2.50. The van der Waals surface area contributed by atoms with Crippen molar-refractivity contribution in [1.82, 2.24) is 5.32 Å². The van der Waals surface area contributed by atoms with Crippen LogP contribution in [-0.4, -0.2) is 7.05 Å². The Hall–Kier alpha value is -1.58. The summed E-state index contributed by atoms with van der Waals surface area (Å²) >= 11 is 3.51. The minimum atomic E-state index is 0.0803. The van der Waals surface area contributed by atoms with Crippen LogP contribution in [0.1, 0.15) is 23.1 Å². The van der Waals surface area contributed by atoms with Gasteiger partial charge in [0.25, 0.3) is 0 Å². The average molecular weight is 330 g/mol. The van der Waals surface area contributed by atoms with E-state index in [0.29, 0.717) is 0 Å². The molecule has 2 aromatic carbocycles. The summed E-state index contributed by atoms with van der Waals surface area (Å²) in [5, 5.41) is 5.78. The molecule has 2 nitrogen and oxygen atoms in total. The first kappa shape index (κ1) is 13.4. The smallest absolute Gasteiger partial charge is 0.125 e. The summed E-state index contributed by atoms with van der Waals surface area (Å²) in [4.78, 5) is 0. The normalized spacial score (nSPS) is 12.8. The van der Waals surface area contributed by atoms with Crippen LogP contribution in [0.3, 0.4) is 0 Å². The fourth-order valence-corrected chi connectivity index (χ4v) is 2.88. The Morgan fingerprint density at radius 3 is 2.45 bits per heavy atom. The standard InChI is InChI=1S/C17H16BrNO/c1-11-3-8-16(20-11)17(19-2)14-5-4-13-10-15(18)7-6-12(13)9-14/h3-10,17,19H,1-2H3. The van der Waals surface area contributed by atoms with Crippen LogP contribution in [0.15, 0.2) is 57.4 Å². The molecule has 0 aliphatic rings. The molecule has 0 spiro atoms. The van der Waals surface area contributed by atoms with Crippen LogP contribution in [0.5, 0.6) is 0 Å². The monoisotopic (exact) mass is 329 g/mol. The van der Waals surface area contributed by atoms with Crippen LogP contribution in [0, 0.1) is 6.92 Å². The van der Waals surface area contributed by atoms with E-state index in [0.717, 1.165) is 16.0 Å². The summed E-state index contributed by atoms with van der Waals surface area (Å²) in [7, 11) is 1.95. The SMILES string of the molecule is CNC(c1ccc2cc(Br)ccc2c1)c1ccc(C)o1. The second-order valence-electron chi connectivity index (χ2n) is 4.92. The zero-order valence-electron chi connectivity index (χ0n) is 11.5. The number of benzene rings is 2. The van der Waals surface area contributed by atoms with Crippen molar-refractivity contribution in [3.05, 3.63) is 70.1 Å². The van der Waals surface area contributed by atoms with Crippen molar-refractivity contribution in [3.63, 3.8) is 0 Å². The van der Waals surface area contributed by atoms with Crippen molar-refractivity contribution in [2.24, 2.45) is 0 Å². The number of aryl methyl sites for hydroxylation is 1. The molecule has 0 bridgehead atoms. The highest BCUT2D eigenvalue weighted by Gasteiger charge is 2.15. The Bertz CT molecular complexity index is 748. The first-order chi connectivity index (χ1) is 9.67. The van der Waals surface area contributed by atoms with Gasteiger partial charge in [-0.15, -0.1) is 0 Å². The van der Waals surface area contributed by atoms with Gasteiger partial charge in [0.15, 0.2) is 0 Å². The molecule has 3 rings (SSSR count). The second-order valence-corrected chi connectivity index (χ2v) is 5.84. The summed E-state index contributed by atoms with van der Waals surface area (Å²) in [5.41, 5.74) is 1.21. The highest BCUT2D eigenvalue weighted by atomic mass is 79.9. The maximum atomic E-state index is 5.75. The first-order valence-electron chi connectivity index (χ1n) is 6.60. The van der Waals surface area contributed by atoms with E-state index in [1.54, 1.807) is 0 Å². The van der Waals surface area contributed by atoms with Crippen molar-refractivity contribution in [1.29, 1.82) is 0 Å². The topological polar surface area (TPSA) is 25.2 Å². The zero-order valence-corrected chi connectivity index (χ0v) is 13.1. The molecule has 102 valence electrons. The molecule has 0 aliphatic heterocycles. The van der Waals surface area contributed by atoms with Crippen LogP contribution in [0.4, 0.5) is 0 Å². The third-order valence-electron chi connectivity index (χ3n) is 3.49. The van der Waals surface area contributed by atoms with Gasteiger partial charge in [-0.2, -0.15) is 0 Å². The van der Waals surface area contributed by atoms with Crippen LogP contribution in [-0.2, 0) is 0 Å². The second kappa shape index (κ2) is 5.43. The molecule has 1 atom stereocenters. The van der Waals surface area contributed by atoms with Crippen molar-refractivity contribution in [3.8, 4) is 0 Å². The van der Waals surface area contributed by atoms with Gasteiger partial charge in [-0.3, -0.25) is 0 Å². The van der Waals surface area contributed by atoms with E-state index in [9.17, 15) is 0 Å². The lowest BCUT2D eigenvalue weighted by atomic mass is 10.0. The van der Waals surface area contributed by atoms with Crippen LogP contribution in [0.25, 0.3) is 10.8 Å². The van der Waals surface area contributed by atoms with Gasteiger partial charge in [0.1, 0.15) is 11.5 Å². The predicted molar refractivity (Wildman–Crippen MR) is 86.0 cm³/mol. The van der Waals surface area contributed by atoms with Gasteiger partial charge in [-0.25, -0.2) is 0 Å². The van der Waals surface area contributed by atoms with Gasteiger partial charge >= 0.3 is 0 Å². The first-order valence-corrected chi connectivity index (χ1v) is 7.39. The van der Waals surface area contributed by atoms with Gasteiger partial charge in [0.2, 0.25) is 0 Å². The summed E-state index contributed by atoms with van der Waals surface area (Å²) < 4.78 is 6.85. The number of hydrogen-bond donors (Lipinski definition) is 1. The lowest BCUT2D eigenvalue weighted by Crippen LogP contribution is -2.16. The molecule has 1 N–H and O–H groups in total. The Labute approximate surface area is 126 Å². The lowest BCUT2D eigenvalue weighted by molar-refractivity contribution is 0.444. The fraction of sp³-hybridized carbons (Fsp3) is 0.176. The third-order valence-corrected chi connectivity index (χ3v) is 3.99. The highest BCUT2D eigenvalue weighted by molar-refractivity contribution is 9.10. The summed E-state index contributed by atoms with van der Waals surface area (Å²) in [6.07, 6.45) is 0. The molecule has 0 radical (unpaired) electrons. The number of nitrogens with one attached hydrogen (secondary N) is 1. The van der Waals surface area contributed by atoms with Crippen molar-refractivity contribution < 1.29 is 4.42 Å². The molecule has 1 heterocycles. The maximum Gasteiger partial charge on any atom is 0.125 e. The van der Waals surface area contributed by atoms with Crippen LogP contribution in [0.2, 0.25) is 0 Å². The molecule has 20 heavy (non-hydrogen) atoms.